The van der Waals surface area contributed by atoms with Crippen LogP contribution in [0.15, 0.2) is 52.0 Å². The highest BCUT2D eigenvalue weighted by Crippen LogP contribution is 2.48. The SMILES string of the molecule is O=C(O)c1ccc(S(=O)(=O)C2CC2c2ccccc2)o1. The second kappa shape index (κ2) is 4.49. The number of furan rings is 1. The average Bonchev–Trinajstić information content (AvgIpc) is 3.08. The monoisotopic (exact) mass is 292 g/mol. The van der Waals surface area contributed by atoms with Crippen molar-refractivity contribution >= 4 is 15.8 Å². The molecule has 2 atom stereocenters. The molecule has 20 heavy (non-hydrogen) atoms. The van der Waals surface area contributed by atoms with Crippen molar-refractivity contribution in [1.29, 1.82) is 0 Å². The van der Waals surface area contributed by atoms with Crippen molar-refractivity contribution in [2.24, 2.45) is 0 Å². The van der Waals surface area contributed by atoms with E-state index in [1.807, 2.05) is 30.3 Å². The molecule has 2 unspecified atom stereocenters. The van der Waals surface area contributed by atoms with Crippen LogP contribution in [0.5, 0.6) is 0 Å². The molecule has 3 rings (SSSR count). The van der Waals surface area contributed by atoms with E-state index in [2.05, 4.69) is 0 Å². The van der Waals surface area contributed by atoms with Crippen LogP contribution >= 0.6 is 0 Å². The number of hydrogen-bond donors (Lipinski definition) is 1. The minimum atomic E-state index is -3.61. The van der Waals surface area contributed by atoms with Gasteiger partial charge in [-0.3, -0.25) is 0 Å². The summed E-state index contributed by atoms with van der Waals surface area (Å²) in [6.45, 7) is 0. The van der Waals surface area contributed by atoms with Crippen molar-refractivity contribution in [3.8, 4) is 0 Å². The molecule has 0 bridgehead atoms. The molecule has 0 amide bonds. The zero-order valence-corrected chi connectivity index (χ0v) is 11.2. The highest BCUT2D eigenvalue weighted by Gasteiger charge is 2.49. The molecule has 1 saturated carbocycles. The molecule has 1 N–H and O–H groups in total. The van der Waals surface area contributed by atoms with Crippen molar-refractivity contribution in [1.82, 2.24) is 0 Å². The zero-order chi connectivity index (χ0) is 14.3. The molecule has 0 saturated heterocycles. The maximum Gasteiger partial charge on any atom is 0.371 e. The number of carboxylic acids is 1. The van der Waals surface area contributed by atoms with Gasteiger partial charge in [0, 0.05) is 5.92 Å². The third-order valence-electron chi connectivity index (χ3n) is 3.43. The maximum atomic E-state index is 12.3. The minimum absolute atomic E-state index is 0.0421. The van der Waals surface area contributed by atoms with Gasteiger partial charge in [0.05, 0.1) is 5.25 Å². The molecule has 5 nitrogen and oxygen atoms in total. The smallest absolute Gasteiger partial charge is 0.371 e. The molecule has 1 fully saturated rings. The third kappa shape index (κ3) is 2.12. The predicted octanol–water partition coefficient (Wildman–Crippen LogP) is 2.31. The van der Waals surface area contributed by atoms with Gasteiger partial charge in [0.25, 0.3) is 0 Å². The van der Waals surface area contributed by atoms with Gasteiger partial charge in [0.15, 0.2) is 0 Å². The van der Waals surface area contributed by atoms with Gasteiger partial charge in [0.1, 0.15) is 0 Å². The molecule has 6 heteroatoms. The van der Waals surface area contributed by atoms with Crippen LogP contribution in [-0.2, 0) is 9.84 Å². The van der Waals surface area contributed by atoms with Gasteiger partial charge in [-0.2, -0.15) is 0 Å². The number of aromatic carboxylic acids is 1. The molecule has 1 aromatic heterocycles. The van der Waals surface area contributed by atoms with Crippen molar-refractivity contribution in [3.63, 3.8) is 0 Å². The van der Waals surface area contributed by atoms with Gasteiger partial charge in [-0.05, 0) is 24.1 Å². The van der Waals surface area contributed by atoms with Gasteiger partial charge in [-0.25, -0.2) is 13.2 Å². The van der Waals surface area contributed by atoms with Crippen LogP contribution in [0, 0.1) is 0 Å². The van der Waals surface area contributed by atoms with Crippen LogP contribution in [-0.4, -0.2) is 24.7 Å². The van der Waals surface area contributed by atoms with Crippen molar-refractivity contribution in [3.05, 3.63) is 53.8 Å². The Labute approximate surface area is 115 Å². The van der Waals surface area contributed by atoms with E-state index in [4.69, 9.17) is 9.52 Å². The second-order valence-corrected chi connectivity index (χ2v) is 6.86. The first-order chi connectivity index (χ1) is 9.50. The summed E-state index contributed by atoms with van der Waals surface area (Å²) >= 11 is 0. The van der Waals surface area contributed by atoms with Crippen LogP contribution < -0.4 is 0 Å². The molecule has 1 aliphatic carbocycles. The standard InChI is InChI=1S/C14H12O5S/c15-14(16)11-6-7-13(19-11)20(17,18)12-8-10(12)9-4-2-1-3-5-9/h1-7,10,12H,8H2,(H,15,16). The van der Waals surface area contributed by atoms with Crippen LogP contribution in [0.2, 0.25) is 0 Å². The topological polar surface area (TPSA) is 84.6 Å². The van der Waals surface area contributed by atoms with Gasteiger partial charge >= 0.3 is 5.97 Å². The molecule has 0 radical (unpaired) electrons. The fourth-order valence-electron chi connectivity index (χ4n) is 2.30. The van der Waals surface area contributed by atoms with Crippen molar-refractivity contribution < 1.29 is 22.7 Å². The summed E-state index contributed by atoms with van der Waals surface area (Å²) in [5.74, 6) is -1.68. The molecular formula is C14H12O5S. The lowest BCUT2D eigenvalue weighted by Crippen LogP contribution is -2.08. The Morgan fingerprint density at radius 3 is 2.45 bits per heavy atom. The summed E-state index contributed by atoms with van der Waals surface area (Å²) in [4.78, 5) is 10.7. The van der Waals surface area contributed by atoms with E-state index >= 15 is 0 Å². The minimum Gasteiger partial charge on any atom is -0.475 e. The fourth-order valence-corrected chi connectivity index (χ4v) is 4.12. The quantitative estimate of drug-likeness (QED) is 0.934. The highest BCUT2D eigenvalue weighted by atomic mass is 32.2. The van der Waals surface area contributed by atoms with Gasteiger partial charge in [-0.1, -0.05) is 30.3 Å². The third-order valence-corrected chi connectivity index (χ3v) is 5.53. The maximum absolute atomic E-state index is 12.3. The van der Waals surface area contributed by atoms with Crippen molar-refractivity contribution in [2.75, 3.05) is 0 Å². The number of carboxylic acid groups (broad SMARTS) is 1. The Balaban J connectivity index is 1.85. The number of rotatable bonds is 4. The van der Waals surface area contributed by atoms with Gasteiger partial charge < -0.3 is 9.52 Å². The van der Waals surface area contributed by atoms with Gasteiger partial charge in [-0.15, -0.1) is 0 Å². The van der Waals surface area contributed by atoms with Crippen LogP contribution in [0.3, 0.4) is 0 Å². The van der Waals surface area contributed by atoms with E-state index in [1.54, 1.807) is 0 Å². The molecule has 104 valence electrons. The van der Waals surface area contributed by atoms with Crippen LogP contribution in [0.4, 0.5) is 0 Å². The highest BCUT2D eigenvalue weighted by molar-refractivity contribution is 7.92. The first kappa shape index (κ1) is 12.9. The zero-order valence-electron chi connectivity index (χ0n) is 10.4. The Hall–Kier alpha value is -2.08. The van der Waals surface area contributed by atoms with E-state index in [0.717, 1.165) is 11.6 Å². The molecule has 1 aromatic carbocycles. The number of carbonyl (C=O) groups is 1. The summed E-state index contributed by atoms with van der Waals surface area (Å²) in [6, 6.07) is 11.8. The van der Waals surface area contributed by atoms with Gasteiger partial charge in [0.2, 0.25) is 20.7 Å². The lowest BCUT2D eigenvalue weighted by atomic mass is 10.1. The normalized spacial score (nSPS) is 21.6. The molecule has 0 aliphatic heterocycles. The first-order valence-electron chi connectivity index (χ1n) is 6.12. The first-order valence-corrected chi connectivity index (χ1v) is 7.67. The molecule has 1 aliphatic rings. The summed E-state index contributed by atoms with van der Waals surface area (Å²) < 4.78 is 29.6. The number of benzene rings is 1. The molecule has 1 heterocycles. The summed E-state index contributed by atoms with van der Waals surface area (Å²) in [5.41, 5.74) is 0.978. The summed E-state index contributed by atoms with van der Waals surface area (Å²) in [7, 11) is -3.61. The van der Waals surface area contributed by atoms with Crippen LogP contribution in [0.1, 0.15) is 28.5 Å². The molecule has 0 spiro atoms. The van der Waals surface area contributed by atoms with E-state index in [0.29, 0.717) is 6.42 Å². The van der Waals surface area contributed by atoms with E-state index in [1.165, 1.54) is 6.07 Å². The predicted molar refractivity (Wildman–Crippen MR) is 70.4 cm³/mol. The van der Waals surface area contributed by atoms with Crippen molar-refractivity contribution in [2.45, 2.75) is 22.7 Å². The average molecular weight is 292 g/mol. The number of hydrogen-bond acceptors (Lipinski definition) is 4. The Kier molecular flexibility index (Phi) is 2.90. The van der Waals surface area contributed by atoms with E-state index in [9.17, 15) is 13.2 Å². The largest absolute Gasteiger partial charge is 0.475 e. The summed E-state index contributed by atoms with van der Waals surface area (Å²) in [5, 5.41) is 7.96. The van der Waals surface area contributed by atoms with E-state index < -0.39 is 21.1 Å². The fraction of sp³-hybridized carbons (Fsp3) is 0.214. The molecular weight excluding hydrogens is 280 g/mol. The van der Waals surface area contributed by atoms with Crippen LogP contribution in [0.25, 0.3) is 0 Å². The Bertz CT molecular complexity index is 745. The Morgan fingerprint density at radius 1 is 1.15 bits per heavy atom. The van der Waals surface area contributed by atoms with E-state index in [-0.39, 0.29) is 16.8 Å². The number of sulfone groups is 1. The summed E-state index contributed by atoms with van der Waals surface area (Å²) in [6.07, 6.45) is 0.537. The lowest BCUT2D eigenvalue weighted by molar-refractivity contribution is 0.0656. The Morgan fingerprint density at radius 2 is 1.85 bits per heavy atom. The second-order valence-electron chi connectivity index (χ2n) is 4.76. The lowest BCUT2D eigenvalue weighted by Gasteiger charge is -2.01. The molecule has 2 aromatic rings.